The Morgan fingerprint density at radius 1 is 1.15 bits per heavy atom. The minimum atomic E-state index is -0.757. The molecular formula is C21H23NO5. The van der Waals surface area contributed by atoms with Gasteiger partial charge in [0.15, 0.2) is 11.5 Å². The van der Waals surface area contributed by atoms with Crippen LogP contribution in [0, 0.1) is 5.92 Å². The smallest absolute Gasteiger partial charge is 0.308 e. The highest BCUT2D eigenvalue weighted by molar-refractivity contribution is 5.72. The zero-order valence-electron chi connectivity index (χ0n) is 15.3. The molecule has 0 aliphatic carbocycles. The Hall–Kier alpha value is -2.73. The van der Waals surface area contributed by atoms with Crippen LogP contribution in [0.1, 0.15) is 17.0 Å². The molecule has 2 unspecified atom stereocenters. The Labute approximate surface area is 158 Å². The minimum Gasteiger partial charge on any atom is -0.497 e. The summed E-state index contributed by atoms with van der Waals surface area (Å²) in [7, 11) is 1.62. The number of hydrogen-bond acceptors (Lipinski definition) is 5. The van der Waals surface area contributed by atoms with Gasteiger partial charge < -0.3 is 19.3 Å². The van der Waals surface area contributed by atoms with E-state index in [1.54, 1.807) is 7.11 Å². The van der Waals surface area contributed by atoms with Gasteiger partial charge >= 0.3 is 5.97 Å². The predicted octanol–water partition coefficient (Wildman–Crippen LogP) is 2.77. The van der Waals surface area contributed by atoms with Crippen molar-refractivity contribution >= 4 is 5.97 Å². The second-order valence-electron chi connectivity index (χ2n) is 7.00. The monoisotopic (exact) mass is 369 g/mol. The second kappa shape index (κ2) is 7.48. The van der Waals surface area contributed by atoms with Crippen molar-refractivity contribution in [3.8, 4) is 17.2 Å². The Kier molecular flexibility index (Phi) is 4.90. The average molecular weight is 369 g/mol. The fourth-order valence-corrected chi connectivity index (χ4v) is 3.92. The molecule has 0 spiro atoms. The Morgan fingerprint density at radius 2 is 1.96 bits per heavy atom. The molecule has 0 saturated carbocycles. The van der Waals surface area contributed by atoms with E-state index in [9.17, 15) is 9.90 Å². The van der Waals surface area contributed by atoms with Crippen molar-refractivity contribution in [3.63, 3.8) is 0 Å². The quantitative estimate of drug-likeness (QED) is 0.874. The molecule has 0 bridgehead atoms. The first-order valence-electron chi connectivity index (χ1n) is 9.11. The molecule has 2 atom stereocenters. The first-order valence-corrected chi connectivity index (χ1v) is 9.11. The Balaban J connectivity index is 1.52. The third-order valence-electron chi connectivity index (χ3n) is 5.25. The molecule has 0 amide bonds. The molecule has 2 heterocycles. The van der Waals surface area contributed by atoms with Gasteiger partial charge in [-0.25, -0.2) is 0 Å². The van der Waals surface area contributed by atoms with E-state index in [0.717, 1.165) is 28.4 Å². The molecule has 1 saturated heterocycles. The van der Waals surface area contributed by atoms with Gasteiger partial charge in [-0.05, 0) is 35.4 Å². The minimum absolute atomic E-state index is 0.0604. The van der Waals surface area contributed by atoms with E-state index in [0.29, 0.717) is 32.8 Å². The Morgan fingerprint density at radius 3 is 2.74 bits per heavy atom. The number of hydrogen-bond donors (Lipinski definition) is 1. The second-order valence-corrected chi connectivity index (χ2v) is 7.00. The third-order valence-corrected chi connectivity index (χ3v) is 5.25. The van der Waals surface area contributed by atoms with Crippen LogP contribution in [0.3, 0.4) is 0 Å². The van der Waals surface area contributed by atoms with Crippen LogP contribution in [0.25, 0.3) is 0 Å². The fourth-order valence-electron chi connectivity index (χ4n) is 3.92. The maximum Gasteiger partial charge on any atom is 0.308 e. The molecule has 2 aliphatic heterocycles. The van der Waals surface area contributed by atoms with Crippen molar-refractivity contribution in [3.05, 3.63) is 53.6 Å². The zero-order chi connectivity index (χ0) is 18.8. The van der Waals surface area contributed by atoms with Crippen LogP contribution < -0.4 is 14.2 Å². The number of aliphatic carboxylic acids is 1. The summed E-state index contributed by atoms with van der Waals surface area (Å²) in [6.07, 6.45) is 0. The molecule has 142 valence electrons. The summed E-state index contributed by atoms with van der Waals surface area (Å²) in [6, 6.07) is 13.6. The van der Waals surface area contributed by atoms with Gasteiger partial charge in [0.1, 0.15) is 19.0 Å². The summed E-state index contributed by atoms with van der Waals surface area (Å²) in [5.41, 5.74) is 2.10. The first-order chi connectivity index (χ1) is 13.1. The Bertz CT molecular complexity index is 837. The highest BCUT2D eigenvalue weighted by atomic mass is 16.6. The van der Waals surface area contributed by atoms with Gasteiger partial charge in [-0.15, -0.1) is 0 Å². The standard InChI is InChI=1S/C21H23NO5/c1-25-16-4-2-3-15(10-16)17-12-22(13-18(17)21(23)24)11-14-5-6-19-20(9-14)27-8-7-26-19/h2-6,9-10,17-18H,7-8,11-13H2,1H3,(H,23,24). The van der Waals surface area contributed by atoms with Crippen molar-refractivity contribution in [1.29, 1.82) is 0 Å². The van der Waals surface area contributed by atoms with Crippen LogP contribution in [-0.4, -0.2) is 49.4 Å². The number of ether oxygens (including phenoxy) is 3. The van der Waals surface area contributed by atoms with Crippen molar-refractivity contribution < 1.29 is 24.1 Å². The van der Waals surface area contributed by atoms with Gasteiger partial charge in [-0.2, -0.15) is 0 Å². The fraction of sp³-hybridized carbons (Fsp3) is 0.381. The molecule has 6 nitrogen and oxygen atoms in total. The zero-order valence-corrected chi connectivity index (χ0v) is 15.3. The summed E-state index contributed by atoms with van der Waals surface area (Å²) in [6.45, 7) is 3.02. The van der Waals surface area contributed by atoms with Gasteiger partial charge in [0.05, 0.1) is 13.0 Å². The van der Waals surface area contributed by atoms with Crippen LogP contribution in [-0.2, 0) is 11.3 Å². The van der Waals surface area contributed by atoms with E-state index in [2.05, 4.69) is 4.90 Å². The predicted molar refractivity (Wildman–Crippen MR) is 99.6 cm³/mol. The lowest BCUT2D eigenvalue weighted by Crippen LogP contribution is -2.23. The van der Waals surface area contributed by atoms with E-state index in [1.165, 1.54) is 0 Å². The largest absolute Gasteiger partial charge is 0.497 e. The molecule has 4 rings (SSSR count). The molecule has 0 aromatic heterocycles. The molecule has 2 aromatic carbocycles. The number of nitrogens with zero attached hydrogens (tertiary/aromatic N) is 1. The number of carboxylic acids is 1. The van der Waals surface area contributed by atoms with E-state index in [1.807, 2.05) is 42.5 Å². The number of likely N-dealkylation sites (tertiary alicyclic amines) is 1. The van der Waals surface area contributed by atoms with Crippen LogP contribution in [0.2, 0.25) is 0 Å². The van der Waals surface area contributed by atoms with E-state index in [-0.39, 0.29) is 5.92 Å². The summed E-state index contributed by atoms with van der Waals surface area (Å²) in [4.78, 5) is 14.0. The number of benzene rings is 2. The topological polar surface area (TPSA) is 68.2 Å². The van der Waals surface area contributed by atoms with Gasteiger partial charge in [0.2, 0.25) is 0 Å². The number of carbonyl (C=O) groups is 1. The number of fused-ring (bicyclic) bond motifs is 1. The van der Waals surface area contributed by atoms with Crippen LogP contribution >= 0.6 is 0 Å². The van der Waals surface area contributed by atoms with Gasteiger partial charge in [-0.1, -0.05) is 18.2 Å². The van der Waals surface area contributed by atoms with Gasteiger partial charge in [0.25, 0.3) is 0 Å². The van der Waals surface area contributed by atoms with E-state index < -0.39 is 11.9 Å². The summed E-state index contributed by atoms with van der Waals surface area (Å²) < 4.78 is 16.5. The summed E-state index contributed by atoms with van der Waals surface area (Å²) in [5.74, 6) is 1.03. The van der Waals surface area contributed by atoms with Gasteiger partial charge in [0, 0.05) is 25.6 Å². The maximum atomic E-state index is 11.8. The molecule has 6 heteroatoms. The van der Waals surface area contributed by atoms with Crippen LogP contribution in [0.5, 0.6) is 17.2 Å². The summed E-state index contributed by atoms with van der Waals surface area (Å²) in [5, 5.41) is 9.72. The first kappa shape index (κ1) is 17.7. The molecule has 1 N–H and O–H groups in total. The number of methoxy groups -OCH3 is 1. The van der Waals surface area contributed by atoms with Crippen molar-refractivity contribution in [2.75, 3.05) is 33.4 Å². The molecule has 0 radical (unpaired) electrons. The molecule has 27 heavy (non-hydrogen) atoms. The summed E-state index contributed by atoms with van der Waals surface area (Å²) >= 11 is 0. The normalized spacial score (nSPS) is 21.8. The molecule has 1 fully saturated rings. The van der Waals surface area contributed by atoms with Crippen molar-refractivity contribution in [1.82, 2.24) is 4.90 Å². The number of rotatable bonds is 5. The van der Waals surface area contributed by atoms with Crippen molar-refractivity contribution in [2.45, 2.75) is 12.5 Å². The maximum absolute atomic E-state index is 11.8. The lowest BCUT2D eigenvalue weighted by Gasteiger charge is -2.21. The lowest BCUT2D eigenvalue weighted by atomic mass is 9.89. The lowest BCUT2D eigenvalue weighted by molar-refractivity contribution is -0.141. The molecular weight excluding hydrogens is 346 g/mol. The molecule has 2 aromatic rings. The number of carboxylic acid groups (broad SMARTS) is 1. The van der Waals surface area contributed by atoms with Gasteiger partial charge in [-0.3, -0.25) is 9.69 Å². The van der Waals surface area contributed by atoms with Crippen LogP contribution in [0.15, 0.2) is 42.5 Å². The average Bonchev–Trinajstić information content (AvgIpc) is 3.12. The van der Waals surface area contributed by atoms with E-state index >= 15 is 0 Å². The third kappa shape index (κ3) is 3.71. The van der Waals surface area contributed by atoms with E-state index in [4.69, 9.17) is 14.2 Å². The molecule has 2 aliphatic rings. The SMILES string of the molecule is COc1cccc(C2CN(Cc3ccc4c(c3)OCCO4)CC2C(=O)O)c1. The van der Waals surface area contributed by atoms with Crippen LogP contribution in [0.4, 0.5) is 0 Å². The highest BCUT2D eigenvalue weighted by Crippen LogP contribution is 2.36. The van der Waals surface area contributed by atoms with Crippen molar-refractivity contribution in [2.24, 2.45) is 5.92 Å². The highest BCUT2D eigenvalue weighted by Gasteiger charge is 2.38.